The Kier molecular flexibility index (Phi) is 8.35. The molecule has 2 aromatic carbocycles. The third-order valence-electron chi connectivity index (χ3n) is 4.76. The summed E-state index contributed by atoms with van der Waals surface area (Å²) < 4.78 is 1.92. The number of aryl methyl sites for hydroxylation is 1. The first-order valence-corrected chi connectivity index (χ1v) is 12.5. The maximum atomic E-state index is 12.6. The topological polar surface area (TPSA) is 88.9 Å². The van der Waals surface area contributed by atoms with E-state index in [9.17, 15) is 9.59 Å². The molecule has 0 aliphatic heterocycles. The molecule has 0 aliphatic carbocycles. The molecule has 0 fully saturated rings. The molecule has 0 bridgehead atoms. The first-order valence-electron chi connectivity index (χ1n) is 10.3. The van der Waals surface area contributed by atoms with Crippen molar-refractivity contribution < 1.29 is 9.59 Å². The van der Waals surface area contributed by atoms with Crippen molar-refractivity contribution in [2.24, 2.45) is 0 Å². The molecule has 0 radical (unpaired) electrons. The average Bonchev–Trinajstić information content (AvgIpc) is 3.21. The average molecular weight is 470 g/mol. The Hall–Kier alpha value is -2.78. The summed E-state index contributed by atoms with van der Waals surface area (Å²) in [5.74, 6) is 0.601. The van der Waals surface area contributed by atoms with Crippen LogP contribution in [0.2, 0.25) is 0 Å². The Balaban J connectivity index is 1.62. The van der Waals surface area contributed by atoms with Gasteiger partial charge >= 0.3 is 0 Å². The highest BCUT2D eigenvalue weighted by atomic mass is 32.2. The van der Waals surface area contributed by atoms with Gasteiger partial charge in [0, 0.05) is 22.7 Å². The molecule has 32 heavy (non-hydrogen) atoms. The maximum absolute atomic E-state index is 12.6. The van der Waals surface area contributed by atoms with E-state index in [0.29, 0.717) is 23.1 Å². The van der Waals surface area contributed by atoms with E-state index in [4.69, 9.17) is 0 Å². The molecule has 168 valence electrons. The summed E-state index contributed by atoms with van der Waals surface area (Å²) in [5, 5.41) is 15.1. The van der Waals surface area contributed by atoms with Gasteiger partial charge in [0.2, 0.25) is 5.91 Å². The van der Waals surface area contributed by atoms with Crippen molar-refractivity contribution in [2.75, 3.05) is 17.3 Å². The molecule has 3 aromatic rings. The zero-order valence-electron chi connectivity index (χ0n) is 18.6. The highest BCUT2D eigenvalue weighted by Gasteiger charge is 2.20. The number of benzene rings is 2. The van der Waals surface area contributed by atoms with Gasteiger partial charge in [-0.15, -0.1) is 22.0 Å². The van der Waals surface area contributed by atoms with E-state index in [-0.39, 0.29) is 23.6 Å². The van der Waals surface area contributed by atoms with Crippen LogP contribution in [-0.2, 0) is 11.3 Å². The predicted octanol–water partition coefficient (Wildman–Crippen LogP) is 4.55. The first kappa shape index (κ1) is 23.9. The minimum absolute atomic E-state index is 0.110. The molecule has 1 aromatic heterocycles. The lowest BCUT2D eigenvalue weighted by Crippen LogP contribution is -2.28. The van der Waals surface area contributed by atoms with Crippen LogP contribution in [-0.4, -0.2) is 38.6 Å². The fourth-order valence-electron chi connectivity index (χ4n) is 3.18. The third kappa shape index (κ3) is 6.14. The highest BCUT2D eigenvalue weighted by Crippen LogP contribution is 2.22. The second-order valence-corrected chi connectivity index (χ2v) is 9.04. The lowest BCUT2D eigenvalue weighted by atomic mass is 10.1. The number of aromatic nitrogens is 3. The Morgan fingerprint density at radius 2 is 1.91 bits per heavy atom. The van der Waals surface area contributed by atoms with Gasteiger partial charge in [-0.1, -0.05) is 35.5 Å². The maximum Gasteiger partial charge on any atom is 0.251 e. The molecule has 0 saturated heterocycles. The molecule has 1 atom stereocenters. The van der Waals surface area contributed by atoms with E-state index in [0.717, 1.165) is 16.1 Å². The number of thioether (sulfide) groups is 2. The molecule has 9 heteroatoms. The highest BCUT2D eigenvalue weighted by molar-refractivity contribution is 7.99. The second kappa shape index (κ2) is 11.2. The van der Waals surface area contributed by atoms with Crippen LogP contribution in [0.15, 0.2) is 58.6 Å². The van der Waals surface area contributed by atoms with Crippen molar-refractivity contribution in [3.05, 3.63) is 65.5 Å². The van der Waals surface area contributed by atoms with Gasteiger partial charge in [-0.2, -0.15) is 0 Å². The summed E-state index contributed by atoms with van der Waals surface area (Å²) in [7, 11) is 0. The summed E-state index contributed by atoms with van der Waals surface area (Å²) >= 11 is 2.95. The molecule has 0 spiro atoms. The Morgan fingerprint density at radius 3 is 2.62 bits per heavy atom. The van der Waals surface area contributed by atoms with Crippen LogP contribution < -0.4 is 10.6 Å². The predicted molar refractivity (Wildman–Crippen MR) is 130 cm³/mol. The number of hydrogen-bond acceptors (Lipinski definition) is 6. The number of nitrogens with zero attached hydrogens (tertiary/aromatic N) is 3. The standard InChI is InChI=1S/C23H27N5O2S2/c1-5-28-21(16(3)24-22(30)17-9-6-8-15(2)12-17)26-27-23(28)32-14-20(29)25-18-10-7-11-19(13-18)31-4/h6-13,16H,5,14H2,1-4H3,(H,24,30)(H,25,29). The van der Waals surface area contributed by atoms with Crippen LogP contribution in [0.25, 0.3) is 0 Å². The SMILES string of the molecule is CCn1c(SCC(=O)Nc2cccc(SC)c2)nnc1C(C)NC(=O)c1cccc(C)c1. The molecule has 1 heterocycles. The van der Waals surface area contributed by atoms with Gasteiger partial charge in [0.15, 0.2) is 11.0 Å². The number of anilines is 1. The molecule has 1 unspecified atom stereocenters. The lowest BCUT2D eigenvalue weighted by Gasteiger charge is -2.15. The largest absolute Gasteiger partial charge is 0.342 e. The zero-order valence-corrected chi connectivity index (χ0v) is 20.2. The first-order chi connectivity index (χ1) is 15.4. The molecule has 0 saturated carbocycles. The molecule has 3 rings (SSSR count). The number of carbonyl (C=O) groups is 2. The summed E-state index contributed by atoms with van der Waals surface area (Å²) in [6, 6.07) is 14.9. The number of hydrogen-bond donors (Lipinski definition) is 2. The van der Waals surface area contributed by atoms with Gasteiger partial charge < -0.3 is 15.2 Å². The van der Waals surface area contributed by atoms with E-state index in [1.807, 2.05) is 74.1 Å². The molecular formula is C23H27N5O2S2. The van der Waals surface area contributed by atoms with Gasteiger partial charge in [0.05, 0.1) is 11.8 Å². The van der Waals surface area contributed by atoms with Crippen molar-refractivity contribution in [1.29, 1.82) is 0 Å². The fourth-order valence-corrected chi connectivity index (χ4v) is 4.45. The normalized spacial score (nSPS) is 11.8. The van der Waals surface area contributed by atoms with Crippen LogP contribution in [0.1, 0.15) is 41.6 Å². The van der Waals surface area contributed by atoms with E-state index in [1.54, 1.807) is 17.8 Å². The fraction of sp³-hybridized carbons (Fsp3) is 0.304. The van der Waals surface area contributed by atoms with Gasteiger partial charge in [0.1, 0.15) is 0 Å². The van der Waals surface area contributed by atoms with Crippen molar-refractivity contribution in [1.82, 2.24) is 20.1 Å². The smallest absolute Gasteiger partial charge is 0.251 e. The molecule has 2 amide bonds. The molecular weight excluding hydrogens is 442 g/mol. The van der Waals surface area contributed by atoms with Gasteiger partial charge in [-0.05, 0) is 57.4 Å². The van der Waals surface area contributed by atoms with E-state index < -0.39 is 0 Å². The van der Waals surface area contributed by atoms with E-state index >= 15 is 0 Å². The summed E-state index contributed by atoms with van der Waals surface area (Å²) in [5.41, 5.74) is 2.41. The monoisotopic (exact) mass is 469 g/mol. The van der Waals surface area contributed by atoms with Crippen molar-refractivity contribution >= 4 is 41.0 Å². The number of nitrogens with one attached hydrogen (secondary N) is 2. The zero-order chi connectivity index (χ0) is 23.1. The molecule has 2 N–H and O–H groups in total. The lowest BCUT2D eigenvalue weighted by molar-refractivity contribution is -0.113. The molecule has 0 aliphatic rings. The van der Waals surface area contributed by atoms with Crippen LogP contribution in [0.3, 0.4) is 0 Å². The van der Waals surface area contributed by atoms with Gasteiger partial charge in [-0.25, -0.2) is 0 Å². The molecule has 7 nitrogen and oxygen atoms in total. The van der Waals surface area contributed by atoms with E-state index in [1.165, 1.54) is 11.8 Å². The van der Waals surface area contributed by atoms with Crippen LogP contribution in [0, 0.1) is 6.92 Å². The minimum atomic E-state index is -0.326. The Labute approximate surface area is 196 Å². The quantitative estimate of drug-likeness (QED) is 0.447. The third-order valence-corrected chi connectivity index (χ3v) is 6.45. The van der Waals surface area contributed by atoms with E-state index in [2.05, 4.69) is 20.8 Å². The van der Waals surface area contributed by atoms with Crippen molar-refractivity contribution in [2.45, 2.75) is 43.4 Å². The Bertz CT molecular complexity index is 1100. The van der Waals surface area contributed by atoms with Crippen molar-refractivity contribution in [3.8, 4) is 0 Å². The van der Waals surface area contributed by atoms with Crippen LogP contribution >= 0.6 is 23.5 Å². The Morgan fingerprint density at radius 1 is 1.12 bits per heavy atom. The number of amides is 2. The van der Waals surface area contributed by atoms with Gasteiger partial charge in [0.25, 0.3) is 5.91 Å². The van der Waals surface area contributed by atoms with Crippen LogP contribution in [0.4, 0.5) is 5.69 Å². The summed E-state index contributed by atoms with van der Waals surface area (Å²) in [6.07, 6.45) is 2.00. The summed E-state index contributed by atoms with van der Waals surface area (Å²) in [6.45, 7) is 6.45. The van der Waals surface area contributed by atoms with Gasteiger partial charge in [-0.3, -0.25) is 9.59 Å². The minimum Gasteiger partial charge on any atom is -0.342 e. The second-order valence-electron chi connectivity index (χ2n) is 7.22. The number of rotatable bonds is 9. The van der Waals surface area contributed by atoms with Crippen molar-refractivity contribution in [3.63, 3.8) is 0 Å². The van der Waals surface area contributed by atoms with Crippen LogP contribution in [0.5, 0.6) is 0 Å². The summed E-state index contributed by atoms with van der Waals surface area (Å²) in [4.78, 5) is 26.1. The number of carbonyl (C=O) groups excluding carboxylic acids is 2.